The molecule has 1 aliphatic carbocycles. The molecule has 0 saturated heterocycles. The second-order valence-corrected chi connectivity index (χ2v) is 7.51. The molecular weight excluding hydrogens is 346 g/mol. The summed E-state index contributed by atoms with van der Waals surface area (Å²) in [6.45, 7) is 2.12. The van der Waals surface area contributed by atoms with E-state index in [-0.39, 0.29) is 0 Å². The topological polar surface area (TPSA) is 55.1 Å². The highest BCUT2D eigenvalue weighted by Crippen LogP contribution is 2.28. The van der Waals surface area contributed by atoms with Gasteiger partial charge in [-0.2, -0.15) is 0 Å². The highest BCUT2D eigenvalue weighted by molar-refractivity contribution is 5.71. The van der Waals surface area contributed by atoms with E-state index in [0.29, 0.717) is 6.04 Å². The van der Waals surface area contributed by atoms with Crippen molar-refractivity contribution >= 4 is 11.5 Å². The van der Waals surface area contributed by atoms with Crippen LogP contribution >= 0.6 is 0 Å². The zero-order chi connectivity index (χ0) is 18.9. The average Bonchev–Trinajstić information content (AvgIpc) is 3.38. The second-order valence-electron chi connectivity index (χ2n) is 7.51. The number of hydrogen-bond acceptors (Lipinski definition) is 4. The van der Waals surface area contributed by atoms with Gasteiger partial charge in [0.2, 0.25) is 0 Å². The van der Waals surface area contributed by atoms with E-state index in [0.717, 1.165) is 28.4 Å². The number of hydrogen-bond donors (Lipinski definition) is 1. The van der Waals surface area contributed by atoms with Crippen molar-refractivity contribution in [1.29, 1.82) is 0 Å². The van der Waals surface area contributed by atoms with Crippen molar-refractivity contribution < 1.29 is 0 Å². The highest BCUT2D eigenvalue weighted by Gasteiger charge is 2.16. The highest BCUT2D eigenvalue weighted by atomic mass is 15.1. The molecule has 4 aromatic rings. The number of nitrogens with one attached hydrogen (secondary N) is 1. The lowest BCUT2D eigenvalue weighted by atomic mass is 10.0. The molecule has 28 heavy (non-hydrogen) atoms. The van der Waals surface area contributed by atoms with Crippen LogP contribution in [0.1, 0.15) is 31.2 Å². The van der Waals surface area contributed by atoms with Gasteiger partial charge in [-0.1, -0.05) is 18.9 Å². The fraction of sp³-hybridized carbons (Fsp3) is 0.261. The third-order valence-corrected chi connectivity index (χ3v) is 5.56. The largest absolute Gasteiger partial charge is 0.367 e. The van der Waals surface area contributed by atoms with E-state index in [9.17, 15) is 0 Å². The second kappa shape index (κ2) is 7.08. The molecule has 5 heteroatoms. The summed E-state index contributed by atoms with van der Waals surface area (Å²) in [5.41, 5.74) is 6.38. The minimum atomic E-state index is 0.547. The number of rotatable bonds is 4. The Morgan fingerprint density at radius 1 is 1.07 bits per heavy atom. The number of fused-ring (bicyclic) bond motifs is 1. The molecule has 0 aliphatic heterocycles. The van der Waals surface area contributed by atoms with Crippen LogP contribution in [0, 0.1) is 6.92 Å². The first-order chi connectivity index (χ1) is 13.8. The molecular formula is C23H23N5. The quantitative estimate of drug-likeness (QED) is 0.542. The zero-order valence-corrected chi connectivity index (χ0v) is 16.0. The summed E-state index contributed by atoms with van der Waals surface area (Å²) in [4.78, 5) is 13.6. The van der Waals surface area contributed by atoms with Gasteiger partial charge in [-0.3, -0.25) is 9.38 Å². The van der Waals surface area contributed by atoms with E-state index in [2.05, 4.69) is 57.1 Å². The van der Waals surface area contributed by atoms with Crippen molar-refractivity contribution in [2.45, 2.75) is 38.6 Å². The molecule has 0 bridgehead atoms. The van der Waals surface area contributed by atoms with Crippen LogP contribution in [-0.2, 0) is 0 Å². The smallest absolute Gasteiger partial charge is 0.137 e. The van der Waals surface area contributed by atoms with Crippen LogP contribution in [0.25, 0.3) is 28.2 Å². The van der Waals surface area contributed by atoms with Crippen LogP contribution < -0.4 is 5.32 Å². The van der Waals surface area contributed by atoms with Gasteiger partial charge < -0.3 is 5.32 Å². The van der Waals surface area contributed by atoms with E-state index in [1.807, 2.05) is 30.7 Å². The first-order valence-corrected chi connectivity index (χ1v) is 9.90. The van der Waals surface area contributed by atoms with E-state index < -0.39 is 0 Å². The first kappa shape index (κ1) is 16.9. The zero-order valence-electron chi connectivity index (χ0n) is 16.0. The normalized spacial score (nSPS) is 14.6. The van der Waals surface area contributed by atoms with Crippen molar-refractivity contribution in [1.82, 2.24) is 19.4 Å². The summed E-state index contributed by atoms with van der Waals surface area (Å²) in [5.74, 6) is 0.945. The predicted molar refractivity (Wildman–Crippen MR) is 112 cm³/mol. The Bertz CT molecular complexity index is 1110. The molecule has 0 atom stereocenters. The summed E-state index contributed by atoms with van der Waals surface area (Å²) >= 11 is 0. The van der Waals surface area contributed by atoms with Gasteiger partial charge >= 0.3 is 0 Å². The maximum Gasteiger partial charge on any atom is 0.137 e. The number of anilines is 1. The van der Waals surface area contributed by atoms with E-state index in [1.54, 1.807) is 0 Å². The molecule has 1 aliphatic rings. The maximum atomic E-state index is 4.87. The van der Waals surface area contributed by atoms with Gasteiger partial charge in [0.15, 0.2) is 0 Å². The predicted octanol–water partition coefficient (Wildman–Crippen LogP) is 5.12. The molecule has 5 rings (SSSR count). The Balaban J connectivity index is 1.56. The molecule has 0 aromatic carbocycles. The number of imidazole rings is 1. The molecule has 140 valence electrons. The monoisotopic (exact) mass is 369 g/mol. The third kappa shape index (κ3) is 3.13. The van der Waals surface area contributed by atoms with Gasteiger partial charge in [-0.15, -0.1) is 0 Å². The standard InChI is InChI=1S/C23H23N5/c1-16-13-23-25-14-21(28(23)15-19(16)17-9-11-24-12-10-17)20-7-4-8-22(27-20)26-18-5-2-3-6-18/h4,7-15,18H,2-3,5-6H2,1H3,(H,26,27). The van der Waals surface area contributed by atoms with Crippen LogP contribution in [-0.4, -0.2) is 25.4 Å². The molecule has 1 fully saturated rings. The molecule has 1 saturated carbocycles. The SMILES string of the molecule is Cc1cc2ncc(-c3cccc(NC4CCCC4)n3)n2cc1-c1ccncc1. The summed E-state index contributed by atoms with van der Waals surface area (Å²) in [6.07, 6.45) is 12.8. The Labute approximate surface area is 164 Å². The lowest BCUT2D eigenvalue weighted by Crippen LogP contribution is -2.15. The molecule has 4 aromatic heterocycles. The summed E-state index contributed by atoms with van der Waals surface area (Å²) in [7, 11) is 0. The van der Waals surface area contributed by atoms with Gasteiger partial charge in [0.1, 0.15) is 11.5 Å². The van der Waals surface area contributed by atoms with Crippen LogP contribution in [0.4, 0.5) is 5.82 Å². The van der Waals surface area contributed by atoms with Crippen molar-refractivity contribution in [2.24, 2.45) is 0 Å². The molecule has 4 heterocycles. The van der Waals surface area contributed by atoms with Crippen LogP contribution in [0.15, 0.2) is 61.2 Å². The molecule has 0 spiro atoms. The molecule has 5 nitrogen and oxygen atoms in total. The minimum Gasteiger partial charge on any atom is -0.367 e. The number of aromatic nitrogens is 4. The Morgan fingerprint density at radius 2 is 1.89 bits per heavy atom. The summed E-state index contributed by atoms with van der Waals surface area (Å²) in [6, 6.07) is 12.9. The lowest BCUT2D eigenvalue weighted by molar-refractivity contribution is 0.751. The Hall–Kier alpha value is -3.21. The van der Waals surface area contributed by atoms with Gasteiger partial charge in [0.05, 0.1) is 17.6 Å². The number of pyridine rings is 3. The lowest BCUT2D eigenvalue weighted by Gasteiger charge is -2.13. The molecule has 0 radical (unpaired) electrons. The average molecular weight is 369 g/mol. The van der Waals surface area contributed by atoms with Crippen LogP contribution in [0.5, 0.6) is 0 Å². The van der Waals surface area contributed by atoms with Gasteiger partial charge in [-0.25, -0.2) is 9.97 Å². The Kier molecular flexibility index (Phi) is 4.28. The minimum absolute atomic E-state index is 0.547. The van der Waals surface area contributed by atoms with Crippen LogP contribution in [0.3, 0.4) is 0 Å². The van der Waals surface area contributed by atoms with Gasteiger partial charge in [0.25, 0.3) is 0 Å². The number of aryl methyl sites for hydroxylation is 1. The van der Waals surface area contributed by atoms with Gasteiger partial charge in [-0.05, 0) is 61.2 Å². The van der Waals surface area contributed by atoms with Gasteiger partial charge in [0, 0.05) is 30.2 Å². The van der Waals surface area contributed by atoms with Crippen molar-refractivity contribution in [3.63, 3.8) is 0 Å². The van der Waals surface area contributed by atoms with Crippen molar-refractivity contribution in [3.05, 3.63) is 66.7 Å². The third-order valence-electron chi connectivity index (χ3n) is 5.56. The summed E-state index contributed by atoms with van der Waals surface area (Å²) in [5, 5.41) is 3.59. The van der Waals surface area contributed by atoms with Crippen LogP contribution in [0.2, 0.25) is 0 Å². The molecule has 1 N–H and O–H groups in total. The van der Waals surface area contributed by atoms with E-state index >= 15 is 0 Å². The Morgan fingerprint density at radius 3 is 2.71 bits per heavy atom. The van der Waals surface area contributed by atoms with E-state index in [1.165, 1.54) is 36.8 Å². The maximum absolute atomic E-state index is 4.87. The molecule has 0 unspecified atom stereocenters. The van der Waals surface area contributed by atoms with E-state index in [4.69, 9.17) is 4.98 Å². The number of nitrogens with zero attached hydrogens (tertiary/aromatic N) is 4. The van der Waals surface area contributed by atoms with Crippen molar-refractivity contribution in [3.8, 4) is 22.5 Å². The fourth-order valence-electron chi connectivity index (χ4n) is 4.08. The fourth-order valence-corrected chi connectivity index (χ4v) is 4.08. The van der Waals surface area contributed by atoms with Crippen molar-refractivity contribution in [2.75, 3.05) is 5.32 Å². The summed E-state index contributed by atoms with van der Waals surface area (Å²) < 4.78 is 2.13. The first-order valence-electron chi connectivity index (χ1n) is 9.90. The molecule has 0 amide bonds.